The molecular weight excluding hydrogens is 531 g/mol. The van der Waals surface area contributed by atoms with Crippen molar-refractivity contribution < 1.29 is 23.5 Å². The van der Waals surface area contributed by atoms with E-state index in [4.69, 9.17) is 9.47 Å². The van der Waals surface area contributed by atoms with Crippen LogP contribution in [-0.2, 0) is 16.1 Å². The molecule has 2 heterocycles. The molecule has 8 nitrogen and oxygen atoms in total. The summed E-state index contributed by atoms with van der Waals surface area (Å²) in [6, 6.07) is 12.5. The molecule has 0 saturated heterocycles. The number of rotatable bonds is 9. The molecule has 2 atom stereocenters. The van der Waals surface area contributed by atoms with Gasteiger partial charge in [0.05, 0.1) is 5.75 Å². The average molecular weight is 563 g/mol. The number of benzene rings is 2. The highest BCUT2D eigenvalue weighted by molar-refractivity contribution is 7.99. The van der Waals surface area contributed by atoms with Crippen molar-refractivity contribution in [3.05, 3.63) is 83.5 Å². The van der Waals surface area contributed by atoms with Crippen molar-refractivity contribution in [2.45, 2.75) is 50.9 Å². The van der Waals surface area contributed by atoms with E-state index in [9.17, 15) is 14.0 Å². The number of nitrogens with one attached hydrogen (secondary N) is 1. The fourth-order valence-electron chi connectivity index (χ4n) is 5.02. The van der Waals surface area contributed by atoms with Crippen LogP contribution in [0.2, 0.25) is 0 Å². The highest BCUT2D eigenvalue weighted by Crippen LogP contribution is 2.35. The first-order valence-corrected chi connectivity index (χ1v) is 14.2. The third kappa shape index (κ3) is 6.62. The molecule has 2 aliphatic rings. The smallest absolute Gasteiger partial charge is 0.247 e. The van der Waals surface area contributed by atoms with Crippen molar-refractivity contribution in [1.82, 2.24) is 14.9 Å². The van der Waals surface area contributed by atoms with Crippen LogP contribution in [0, 0.1) is 25.6 Å². The summed E-state index contributed by atoms with van der Waals surface area (Å²) in [5.41, 5.74) is 2.49. The standard InChI is InChI=1S/C30H31FN4O4S/c1-19-14-20(2)33-30(32-19)40-17-27(36)35(16-22-10-6-7-11-24(22)31)28(21-8-4-3-5-9-21)29(37)34-23-12-13-25-26(15-23)39-18-38-25/h3-4,6-7,10-15,21,28H,5,8-9,16-18H2,1-2H3,(H,34,37). The number of anilines is 1. The maximum Gasteiger partial charge on any atom is 0.247 e. The van der Waals surface area contributed by atoms with Crippen LogP contribution in [0.4, 0.5) is 10.1 Å². The molecule has 0 fully saturated rings. The van der Waals surface area contributed by atoms with E-state index in [2.05, 4.69) is 21.4 Å². The Labute approximate surface area is 237 Å². The molecule has 1 aliphatic carbocycles. The van der Waals surface area contributed by atoms with Gasteiger partial charge in [0.2, 0.25) is 18.6 Å². The van der Waals surface area contributed by atoms with E-state index in [0.717, 1.165) is 24.2 Å². The molecule has 1 N–H and O–H groups in total. The number of carbonyl (C=O) groups excluding carboxylic acids is 2. The number of aryl methyl sites for hydroxylation is 2. The first-order valence-electron chi connectivity index (χ1n) is 13.2. The van der Waals surface area contributed by atoms with Gasteiger partial charge in [-0.3, -0.25) is 9.59 Å². The van der Waals surface area contributed by atoms with Crippen molar-refractivity contribution in [2.75, 3.05) is 17.9 Å². The monoisotopic (exact) mass is 562 g/mol. The van der Waals surface area contributed by atoms with Gasteiger partial charge in [-0.25, -0.2) is 14.4 Å². The molecule has 10 heteroatoms. The molecule has 3 aromatic rings. The van der Waals surface area contributed by atoms with Gasteiger partial charge in [0, 0.05) is 35.2 Å². The number of thioether (sulfide) groups is 1. The lowest BCUT2D eigenvalue weighted by atomic mass is 9.86. The lowest BCUT2D eigenvalue weighted by molar-refractivity contribution is -0.139. The molecule has 2 amide bonds. The largest absolute Gasteiger partial charge is 0.454 e. The summed E-state index contributed by atoms with van der Waals surface area (Å²) in [6.07, 6.45) is 6.28. The second kappa shape index (κ2) is 12.5. The van der Waals surface area contributed by atoms with Crippen molar-refractivity contribution in [3.63, 3.8) is 0 Å². The van der Waals surface area contributed by atoms with E-state index >= 15 is 0 Å². The number of hydrogen-bond donors (Lipinski definition) is 1. The van der Waals surface area contributed by atoms with Crippen molar-refractivity contribution in [3.8, 4) is 11.5 Å². The van der Waals surface area contributed by atoms with Gasteiger partial charge in [-0.05, 0) is 63.3 Å². The number of nitrogens with zero attached hydrogens (tertiary/aromatic N) is 3. The van der Waals surface area contributed by atoms with Crippen LogP contribution in [0.5, 0.6) is 11.5 Å². The van der Waals surface area contributed by atoms with Crippen LogP contribution in [0.15, 0.2) is 65.8 Å². The van der Waals surface area contributed by atoms with Gasteiger partial charge >= 0.3 is 0 Å². The van der Waals surface area contributed by atoms with Crippen LogP contribution in [0.1, 0.15) is 36.2 Å². The number of amides is 2. The maximum atomic E-state index is 14.8. The van der Waals surface area contributed by atoms with E-state index in [-0.39, 0.29) is 36.8 Å². The summed E-state index contributed by atoms with van der Waals surface area (Å²) in [6.45, 7) is 3.83. The van der Waals surface area contributed by atoms with Gasteiger partial charge in [-0.2, -0.15) is 0 Å². The number of halogens is 1. The van der Waals surface area contributed by atoms with E-state index in [0.29, 0.717) is 34.3 Å². The lowest BCUT2D eigenvalue weighted by Crippen LogP contribution is -2.52. The first-order chi connectivity index (χ1) is 19.4. The van der Waals surface area contributed by atoms with Crippen LogP contribution >= 0.6 is 11.8 Å². The van der Waals surface area contributed by atoms with Gasteiger partial charge in [-0.15, -0.1) is 0 Å². The fraction of sp³-hybridized carbons (Fsp3) is 0.333. The third-order valence-corrected chi connectivity index (χ3v) is 7.74. The maximum absolute atomic E-state index is 14.8. The summed E-state index contributed by atoms with van der Waals surface area (Å²) in [5.74, 6) is -0.0459. The molecule has 0 radical (unpaired) electrons. The Morgan fingerprint density at radius 3 is 2.60 bits per heavy atom. The molecule has 1 aromatic heterocycles. The second-order valence-corrected chi connectivity index (χ2v) is 10.8. The number of ether oxygens (including phenoxy) is 2. The highest BCUT2D eigenvalue weighted by atomic mass is 32.2. The van der Waals surface area contributed by atoms with Crippen LogP contribution < -0.4 is 14.8 Å². The molecule has 208 valence electrons. The number of aromatic nitrogens is 2. The molecule has 2 aromatic carbocycles. The number of allylic oxidation sites excluding steroid dienone is 2. The quantitative estimate of drug-likeness (QED) is 0.211. The zero-order valence-electron chi connectivity index (χ0n) is 22.4. The normalized spacial score (nSPS) is 16.4. The molecule has 2 unspecified atom stereocenters. The summed E-state index contributed by atoms with van der Waals surface area (Å²) in [4.78, 5) is 38.2. The Bertz CT molecular complexity index is 1410. The topological polar surface area (TPSA) is 93.7 Å². The van der Waals surface area contributed by atoms with E-state index in [1.807, 2.05) is 26.0 Å². The average Bonchev–Trinajstić information content (AvgIpc) is 3.40. The molecule has 0 saturated carbocycles. The summed E-state index contributed by atoms with van der Waals surface area (Å²) < 4.78 is 25.7. The summed E-state index contributed by atoms with van der Waals surface area (Å²) >= 11 is 1.21. The predicted molar refractivity (Wildman–Crippen MR) is 151 cm³/mol. The zero-order valence-corrected chi connectivity index (χ0v) is 23.2. The Hall–Kier alpha value is -3.92. The second-order valence-electron chi connectivity index (χ2n) is 9.88. The molecule has 0 spiro atoms. The van der Waals surface area contributed by atoms with E-state index < -0.39 is 11.9 Å². The Kier molecular flexibility index (Phi) is 8.64. The van der Waals surface area contributed by atoms with Gasteiger partial charge < -0.3 is 19.7 Å². The highest BCUT2D eigenvalue weighted by Gasteiger charge is 2.37. The van der Waals surface area contributed by atoms with Gasteiger partial charge in [0.25, 0.3) is 0 Å². The third-order valence-electron chi connectivity index (χ3n) is 6.91. The summed E-state index contributed by atoms with van der Waals surface area (Å²) in [7, 11) is 0. The molecule has 0 bridgehead atoms. The minimum absolute atomic E-state index is 0.00765. The van der Waals surface area contributed by atoms with Crippen LogP contribution in [0.3, 0.4) is 0 Å². The summed E-state index contributed by atoms with van der Waals surface area (Å²) in [5, 5.41) is 3.46. The van der Waals surface area contributed by atoms with E-state index in [1.54, 1.807) is 36.4 Å². The molecular formula is C30H31FN4O4S. The Morgan fingerprint density at radius 2 is 1.85 bits per heavy atom. The SMILES string of the molecule is Cc1cc(C)nc(SCC(=O)N(Cc2ccccc2F)C(C(=O)Nc2ccc3c(c2)OCO3)C2CC=CCC2)n1. The van der Waals surface area contributed by atoms with Crippen LogP contribution in [-0.4, -0.2) is 45.3 Å². The molecule has 1 aliphatic heterocycles. The molecule has 40 heavy (non-hydrogen) atoms. The van der Waals surface area contributed by atoms with Gasteiger partial charge in [-0.1, -0.05) is 42.1 Å². The van der Waals surface area contributed by atoms with Crippen molar-refractivity contribution in [1.29, 1.82) is 0 Å². The van der Waals surface area contributed by atoms with Gasteiger partial charge in [0.1, 0.15) is 11.9 Å². The Balaban J connectivity index is 1.45. The number of fused-ring (bicyclic) bond motifs is 1. The number of hydrogen-bond acceptors (Lipinski definition) is 7. The molecule has 5 rings (SSSR count). The van der Waals surface area contributed by atoms with Crippen molar-refractivity contribution >= 4 is 29.3 Å². The fourth-order valence-corrected chi connectivity index (χ4v) is 5.86. The predicted octanol–water partition coefficient (Wildman–Crippen LogP) is 5.45. The zero-order chi connectivity index (χ0) is 28.1. The Morgan fingerprint density at radius 1 is 1.07 bits per heavy atom. The first kappa shape index (κ1) is 27.6. The van der Waals surface area contributed by atoms with Gasteiger partial charge in [0.15, 0.2) is 16.7 Å². The lowest BCUT2D eigenvalue weighted by Gasteiger charge is -2.37. The number of carbonyl (C=O) groups is 2. The minimum atomic E-state index is -0.830. The van der Waals surface area contributed by atoms with E-state index in [1.165, 1.54) is 22.7 Å². The minimum Gasteiger partial charge on any atom is -0.454 e. The van der Waals surface area contributed by atoms with Crippen molar-refractivity contribution in [2.24, 2.45) is 5.92 Å². The van der Waals surface area contributed by atoms with Crippen LogP contribution in [0.25, 0.3) is 0 Å².